The highest BCUT2D eigenvalue weighted by Gasteiger charge is 2.37. The molecule has 7 heteroatoms. The number of nitrogens with zero attached hydrogens (tertiary/aromatic N) is 1. The minimum atomic E-state index is -0.822. The summed E-state index contributed by atoms with van der Waals surface area (Å²) in [6.45, 7) is 18.1. The quantitative estimate of drug-likeness (QED) is 0.383. The summed E-state index contributed by atoms with van der Waals surface area (Å²) in [5.74, 6) is -0.683. The van der Waals surface area contributed by atoms with Gasteiger partial charge in [0.15, 0.2) is 0 Å². The molecule has 198 valence electrons. The van der Waals surface area contributed by atoms with Gasteiger partial charge in [0, 0.05) is 13.1 Å². The minimum absolute atomic E-state index is 0.193. The van der Waals surface area contributed by atoms with E-state index in [4.69, 9.17) is 4.74 Å². The summed E-state index contributed by atoms with van der Waals surface area (Å²) in [6, 6.07) is 4.32. The lowest BCUT2D eigenvalue weighted by Crippen LogP contribution is -2.55. The topological polar surface area (TPSA) is 87.7 Å². The number of carbonyl (C=O) groups is 3. The van der Waals surface area contributed by atoms with E-state index in [9.17, 15) is 14.4 Å². The highest BCUT2D eigenvalue weighted by atomic mass is 16.6. The molecule has 0 radical (unpaired) electrons. The molecule has 0 saturated carbocycles. The van der Waals surface area contributed by atoms with Crippen molar-refractivity contribution in [3.8, 4) is 0 Å². The van der Waals surface area contributed by atoms with Crippen LogP contribution < -0.4 is 10.6 Å². The van der Waals surface area contributed by atoms with E-state index in [1.165, 1.54) is 0 Å². The monoisotopic (exact) mass is 489 g/mol. The number of alkyl carbamates (subject to hydrolysis) is 1. The molecule has 0 aliphatic rings. The van der Waals surface area contributed by atoms with Crippen LogP contribution in [0.4, 0.5) is 4.79 Å². The van der Waals surface area contributed by atoms with Crippen LogP contribution in [0.25, 0.3) is 0 Å². The predicted molar refractivity (Wildman–Crippen MR) is 141 cm³/mol. The van der Waals surface area contributed by atoms with Gasteiger partial charge in [-0.2, -0.15) is 0 Å². The van der Waals surface area contributed by atoms with Crippen molar-refractivity contribution in [3.05, 3.63) is 34.9 Å². The molecule has 0 aliphatic heterocycles. The second-order valence-electron chi connectivity index (χ2n) is 10.7. The predicted octanol–water partition coefficient (Wildman–Crippen LogP) is 5.44. The summed E-state index contributed by atoms with van der Waals surface area (Å²) in [4.78, 5) is 41.6. The van der Waals surface area contributed by atoms with Crippen LogP contribution in [-0.4, -0.2) is 47.5 Å². The zero-order chi connectivity index (χ0) is 26.8. The first kappa shape index (κ1) is 30.5. The normalized spacial score (nSPS) is 13.2. The number of aryl methyl sites for hydroxylation is 2. The molecule has 0 spiro atoms. The van der Waals surface area contributed by atoms with Crippen LogP contribution in [0.3, 0.4) is 0 Å². The van der Waals surface area contributed by atoms with Crippen LogP contribution in [0.2, 0.25) is 0 Å². The fourth-order valence-corrected chi connectivity index (χ4v) is 4.00. The maximum atomic E-state index is 13.9. The van der Waals surface area contributed by atoms with Crippen LogP contribution in [-0.2, 0) is 14.3 Å². The standard InChI is InChI=1S/C28H47N3O4/c1-10-12-13-16-29-25(32)24(22-15-14-20(5)18-21(22)6)31(17-11-2)26(33)23(19(3)4)30-27(34)35-28(7,8)9/h14-15,18-19,23-24H,10-13,16-17H2,1-9H3,(H,29,32)(H,30,34). The maximum Gasteiger partial charge on any atom is 0.408 e. The zero-order valence-corrected chi connectivity index (χ0v) is 23.3. The molecule has 0 aromatic heterocycles. The molecule has 0 aliphatic carbocycles. The highest BCUT2D eigenvalue weighted by Crippen LogP contribution is 2.27. The number of carbonyl (C=O) groups excluding carboxylic acids is 3. The number of nitrogens with one attached hydrogen (secondary N) is 2. The fourth-order valence-electron chi connectivity index (χ4n) is 4.00. The van der Waals surface area contributed by atoms with E-state index in [2.05, 4.69) is 17.6 Å². The lowest BCUT2D eigenvalue weighted by molar-refractivity contribution is -0.143. The van der Waals surface area contributed by atoms with Crippen molar-refractivity contribution in [1.29, 1.82) is 0 Å². The van der Waals surface area contributed by atoms with Gasteiger partial charge in [0.25, 0.3) is 0 Å². The second-order valence-corrected chi connectivity index (χ2v) is 10.7. The fraction of sp³-hybridized carbons (Fsp3) is 0.679. The molecule has 1 rings (SSSR count). The van der Waals surface area contributed by atoms with Crippen LogP contribution in [0.5, 0.6) is 0 Å². The third kappa shape index (κ3) is 9.90. The van der Waals surface area contributed by atoms with Crippen LogP contribution >= 0.6 is 0 Å². The number of hydrogen-bond acceptors (Lipinski definition) is 4. The van der Waals surface area contributed by atoms with Crippen LogP contribution in [0.15, 0.2) is 18.2 Å². The molecule has 2 N–H and O–H groups in total. The largest absolute Gasteiger partial charge is 0.444 e. The SMILES string of the molecule is CCCCCNC(=O)C(c1ccc(C)cc1C)N(CCC)C(=O)C(NC(=O)OC(C)(C)C)C(C)C. The second kappa shape index (κ2) is 14.1. The summed E-state index contributed by atoms with van der Waals surface area (Å²) >= 11 is 0. The van der Waals surface area contributed by atoms with Gasteiger partial charge in [0.2, 0.25) is 11.8 Å². The molecule has 35 heavy (non-hydrogen) atoms. The van der Waals surface area contributed by atoms with Crippen molar-refractivity contribution in [3.63, 3.8) is 0 Å². The first-order chi connectivity index (χ1) is 16.3. The zero-order valence-electron chi connectivity index (χ0n) is 23.3. The third-order valence-corrected chi connectivity index (χ3v) is 5.71. The van der Waals surface area contributed by atoms with Gasteiger partial charge in [-0.05, 0) is 64.5 Å². The van der Waals surface area contributed by atoms with Crippen molar-refractivity contribution < 1.29 is 19.1 Å². The molecule has 3 amide bonds. The van der Waals surface area contributed by atoms with E-state index in [1.54, 1.807) is 25.7 Å². The Bertz CT molecular complexity index is 845. The summed E-state index contributed by atoms with van der Waals surface area (Å²) in [5.41, 5.74) is 2.16. The van der Waals surface area contributed by atoms with Crippen LogP contribution in [0, 0.1) is 19.8 Å². The Morgan fingerprint density at radius 3 is 2.20 bits per heavy atom. The van der Waals surface area contributed by atoms with E-state index in [-0.39, 0.29) is 17.7 Å². The average molecular weight is 490 g/mol. The Kier molecular flexibility index (Phi) is 12.3. The van der Waals surface area contributed by atoms with Crippen molar-refractivity contribution in [2.75, 3.05) is 13.1 Å². The number of ether oxygens (including phenoxy) is 1. The minimum Gasteiger partial charge on any atom is -0.444 e. The van der Waals surface area contributed by atoms with E-state index >= 15 is 0 Å². The Balaban J connectivity index is 3.39. The lowest BCUT2D eigenvalue weighted by Gasteiger charge is -2.36. The van der Waals surface area contributed by atoms with Gasteiger partial charge >= 0.3 is 6.09 Å². The van der Waals surface area contributed by atoms with Crippen molar-refractivity contribution in [1.82, 2.24) is 15.5 Å². The first-order valence-electron chi connectivity index (χ1n) is 13.0. The Hall–Kier alpha value is -2.57. The van der Waals surface area contributed by atoms with Gasteiger partial charge in [-0.1, -0.05) is 64.3 Å². The molecule has 1 aromatic rings. The van der Waals surface area contributed by atoms with Crippen molar-refractivity contribution in [2.45, 2.75) is 106 Å². The van der Waals surface area contributed by atoms with E-state index in [1.807, 2.05) is 52.8 Å². The molecule has 0 heterocycles. The molecular weight excluding hydrogens is 442 g/mol. The van der Waals surface area contributed by atoms with Gasteiger partial charge in [-0.15, -0.1) is 0 Å². The Morgan fingerprint density at radius 2 is 1.69 bits per heavy atom. The average Bonchev–Trinajstić information content (AvgIpc) is 2.74. The smallest absolute Gasteiger partial charge is 0.408 e. The lowest BCUT2D eigenvalue weighted by atomic mass is 9.95. The summed E-state index contributed by atoms with van der Waals surface area (Å²) in [5, 5.41) is 5.80. The molecule has 0 fully saturated rings. The van der Waals surface area contributed by atoms with Crippen molar-refractivity contribution in [2.24, 2.45) is 5.92 Å². The number of hydrogen-bond donors (Lipinski definition) is 2. The van der Waals surface area contributed by atoms with Crippen LogP contribution in [0.1, 0.15) is 96.9 Å². The van der Waals surface area contributed by atoms with E-state index < -0.39 is 23.8 Å². The van der Waals surface area contributed by atoms with E-state index in [0.717, 1.165) is 36.0 Å². The number of amides is 3. The number of unbranched alkanes of at least 4 members (excludes halogenated alkanes) is 2. The molecule has 2 unspecified atom stereocenters. The summed E-state index contributed by atoms with van der Waals surface area (Å²) in [7, 11) is 0. The molecule has 0 bridgehead atoms. The Labute approximate surface area is 212 Å². The van der Waals surface area contributed by atoms with E-state index in [0.29, 0.717) is 19.5 Å². The van der Waals surface area contributed by atoms with Gasteiger partial charge in [0.1, 0.15) is 17.7 Å². The molecule has 0 saturated heterocycles. The van der Waals surface area contributed by atoms with Gasteiger partial charge < -0.3 is 20.3 Å². The highest BCUT2D eigenvalue weighted by molar-refractivity contribution is 5.92. The van der Waals surface area contributed by atoms with Gasteiger partial charge in [-0.25, -0.2) is 4.79 Å². The first-order valence-corrected chi connectivity index (χ1v) is 13.0. The number of rotatable bonds is 12. The molecule has 2 atom stereocenters. The van der Waals surface area contributed by atoms with Gasteiger partial charge in [-0.3, -0.25) is 9.59 Å². The summed E-state index contributed by atoms with van der Waals surface area (Å²) < 4.78 is 5.41. The maximum absolute atomic E-state index is 13.9. The van der Waals surface area contributed by atoms with Gasteiger partial charge in [0.05, 0.1) is 0 Å². The van der Waals surface area contributed by atoms with Crippen molar-refractivity contribution >= 4 is 17.9 Å². The molecular formula is C28H47N3O4. The Morgan fingerprint density at radius 1 is 1.03 bits per heavy atom. The summed E-state index contributed by atoms with van der Waals surface area (Å²) in [6.07, 6.45) is 3.00. The molecule has 7 nitrogen and oxygen atoms in total. The third-order valence-electron chi connectivity index (χ3n) is 5.71. The molecule has 1 aromatic carbocycles. The number of benzene rings is 1.